The van der Waals surface area contributed by atoms with Gasteiger partial charge in [0.1, 0.15) is 0 Å². The van der Waals surface area contributed by atoms with Crippen LogP contribution >= 0.6 is 0 Å². The summed E-state index contributed by atoms with van der Waals surface area (Å²) in [5.41, 5.74) is 5.86. The number of hydrogen-bond donors (Lipinski definition) is 1. The van der Waals surface area contributed by atoms with Crippen molar-refractivity contribution in [1.29, 1.82) is 0 Å². The minimum Gasteiger partial charge on any atom is -0.379 e. The molecule has 0 saturated carbocycles. The monoisotopic (exact) mass is 243 g/mol. The zero-order valence-corrected chi connectivity index (χ0v) is 11.9. The van der Waals surface area contributed by atoms with Crippen LogP contribution in [0.5, 0.6) is 0 Å². The molecule has 1 fully saturated rings. The van der Waals surface area contributed by atoms with Gasteiger partial charge in [0.2, 0.25) is 0 Å². The molecule has 0 radical (unpaired) electrons. The maximum Gasteiger partial charge on any atom is 0.0638 e. The largest absolute Gasteiger partial charge is 0.379 e. The zero-order valence-electron chi connectivity index (χ0n) is 11.9. The summed E-state index contributed by atoms with van der Waals surface area (Å²) in [7, 11) is 3.98. The second-order valence-corrected chi connectivity index (χ2v) is 5.75. The molecule has 0 bridgehead atoms. The van der Waals surface area contributed by atoms with E-state index in [1.165, 1.54) is 13.0 Å². The highest BCUT2D eigenvalue weighted by Crippen LogP contribution is 2.19. The third-order valence-corrected chi connectivity index (χ3v) is 3.82. The highest BCUT2D eigenvalue weighted by Gasteiger charge is 2.27. The average Bonchev–Trinajstić information content (AvgIpc) is 2.51. The molecule has 1 aliphatic heterocycles. The van der Waals surface area contributed by atoms with Gasteiger partial charge in [0.15, 0.2) is 0 Å². The van der Waals surface area contributed by atoms with Crippen LogP contribution in [0.1, 0.15) is 26.7 Å². The van der Waals surface area contributed by atoms with E-state index in [2.05, 4.69) is 30.7 Å². The fraction of sp³-hybridized carbons (Fsp3) is 1.00. The summed E-state index contributed by atoms with van der Waals surface area (Å²) in [6.07, 6.45) is 2.24. The van der Waals surface area contributed by atoms with Crippen molar-refractivity contribution in [2.24, 2.45) is 5.73 Å². The summed E-state index contributed by atoms with van der Waals surface area (Å²) >= 11 is 0. The van der Waals surface area contributed by atoms with E-state index in [4.69, 9.17) is 10.5 Å². The second kappa shape index (κ2) is 6.69. The Labute approximate surface area is 106 Å². The lowest BCUT2D eigenvalue weighted by atomic mass is 9.97. The molecule has 1 heterocycles. The maximum absolute atomic E-state index is 5.94. The van der Waals surface area contributed by atoms with Crippen LogP contribution in [0.15, 0.2) is 0 Å². The van der Waals surface area contributed by atoms with Crippen LogP contribution in [-0.4, -0.2) is 68.3 Å². The van der Waals surface area contributed by atoms with Crippen molar-refractivity contribution in [3.8, 4) is 0 Å². The van der Waals surface area contributed by atoms with E-state index in [0.717, 1.165) is 32.6 Å². The van der Waals surface area contributed by atoms with Gasteiger partial charge in [-0.25, -0.2) is 0 Å². The van der Waals surface area contributed by atoms with Gasteiger partial charge >= 0.3 is 0 Å². The third kappa shape index (κ3) is 4.92. The number of likely N-dealkylation sites (N-methyl/N-ethyl adjacent to an activating group) is 1. The van der Waals surface area contributed by atoms with Crippen molar-refractivity contribution < 1.29 is 4.74 Å². The molecule has 1 saturated heterocycles. The molecule has 0 aromatic carbocycles. The maximum atomic E-state index is 5.94. The lowest BCUT2D eigenvalue weighted by Gasteiger charge is -2.35. The Morgan fingerprint density at radius 1 is 1.24 bits per heavy atom. The number of ether oxygens (including phenoxy) is 1. The van der Waals surface area contributed by atoms with Crippen LogP contribution in [0.2, 0.25) is 0 Å². The Hall–Kier alpha value is -0.160. The predicted octanol–water partition coefficient (Wildman–Crippen LogP) is 0.766. The fourth-order valence-corrected chi connectivity index (χ4v) is 2.44. The Morgan fingerprint density at radius 2 is 1.94 bits per heavy atom. The molecule has 102 valence electrons. The van der Waals surface area contributed by atoms with Crippen LogP contribution in [0.4, 0.5) is 0 Å². The second-order valence-electron chi connectivity index (χ2n) is 5.75. The summed E-state index contributed by atoms with van der Waals surface area (Å²) in [6.45, 7) is 9.62. The Balaban J connectivity index is 2.54. The van der Waals surface area contributed by atoms with Gasteiger partial charge in [0, 0.05) is 32.8 Å². The normalized spacial score (nSPS) is 22.4. The standard InChI is InChI=1S/C13H29N3O/c1-13(2,17-4)10-12(11-14)16-7-5-6-15(3)8-9-16/h12H,5-11,14H2,1-4H3. The molecule has 4 nitrogen and oxygen atoms in total. The molecule has 0 aromatic rings. The Morgan fingerprint density at radius 3 is 2.53 bits per heavy atom. The van der Waals surface area contributed by atoms with Gasteiger partial charge in [-0.1, -0.05) is 0 Å². The highest BCUT2D eigenvalue weighted by molar-refractivity contribution is 4.83. The first-order valence-electron chi connectivity index (χ1n) is 6.66. The molecule has 1 rings (SSSR count). The number of nitrogens with zero attached hydrogens (tertiary/aromatic N) is 2. The van der Waals surface area contributed by atoms with E-state index in [1.807, 2.05) is 0 Å². The minimum absolute atomic E-state index is 0.0811. The van der Waals surface area contributed by atoms with Gasteiger partial charge < -0.3 is 15.4 Å². The zero-order chi connectivity index (χ0) is 12.9. The third-order valence-electron chi connectivity index (χ3n) is 3.82. The van der Waals surface area contributed by atoms with Crippen molar-refractivity contribution in [3.63, 3.8) is 0 Å². The van der Waals surface area contributed by atoms with Crippen molar-refractivity contribution in [1.82, 2.24) is 9.80 Å². The van der Waals surface area contributed by atoms with Crippen molar-refractivity contribution in [3.05, 3.63) is 0 Å². The van der Waals surface area contributed by atoms with Crippen LogP contribution in [0.3, 0.4) is 0 Å². The molecule has 0 amide bonds. The number of rotatable bonds is 5. The van der Waals surface area contributed by atoms with E-state index >= 15 is 0 Å². The Bertz CT molecular complexity index is 221. The molecule has 17 heavy (non-hydrogen) atoms. The average molecular weight is 243 g/mol. The van der Waals surface area contributed by atoms with E-state index in [0.29, 0.717) is 6.04 Å². The van der Waals surface area contributed by atoms with E-state index in [1.54, 1.807) is 7.11 Å². The first kappa shape index (κ1) is 14.9. The summed E-state index contributed by atoms with van der Waals surface area (Å²) in [5.74, 6) is 0. The lowest BCUT2D eigenvalue weighted by molar-refractivity contribution is -0.00709. The van der Waals surface area contributed by atoms with Gasteiger partial charge in [-0.2, -0.15) is 0 Å². The topological polar surface area (TPSA) is 41.7 Å². The van der Waals surface area contributed by atoms with E-state index < -0.39 is 0 Å². The number of hydrogen-bond acceptors (Lipinski definition) is 4. The van der Waals surface area contributed by atoms with Crippen molar-refractivity contribution in [2.45, 2.75) is 38.3 Å². The summed E-state index contributed by atoms with van der Waals surface area (Å²) in [4.78, 5) is 4.93. The minimum atomic E-state index is -0.0811. The Kier molecular flexibility index (Phi) is 5.86. The first-order chi connectivity index (χ1) is 7.98. The van der Waals surface area contributed by atoms with Gasteiger partial charge in [-0.15, -0.1) is 0 Å². The predicted molar refractivity (Wildman–Crippen MR) is 72.2 cm³/mol. The van der Waals surface area contributed by atoms with Gasteiger partial charge in [0.25, 0.3) is 0 Å². The molecule has 2 N–H and O–H groups in total. The fourth-order valence-electron chi connectivity index (χ4n) is 2.44. The summed E-state index contributed by atoms with van der Waals surface area (Å²) < 4.78 is 5.52. The van der Waals surface area contributed by atoms with Crippen molar-refractivity contribution >= 4 is 0 Å². The summed E-state index contributed by atoms with van der Waals surface area (Å²) in [5, 5.41) is 0. The SMILES string of the molecule is COC(C)(C)CC(CN)N1CCCN(C)CC1. The van der Waals surface area contributed by atoms with Crippen LogP contribution in [-0.2, 0) is 4.74 Å². The highest BCUT2D eigenvalue weighted by atomic mass is 16.5. The summed E-state index contributed by atoms with van der Waals surface area (Å²) in [6, 6.07) is 0.441. The molecule has 1 atom stereocenters. The van der Waals surface area contributed by atoms with Gasteiger partial charge in [-0.05, 0) is 46.8 Å². The molecule has 4 heteroatoms. The smallest absolute Gasteiger partial charge is 0.0638 e. The molecule has 1 unspecified atom stereocenters. The quantitative estimate of drug-likeness (QED) is 0.774. The molecular weight excluding hydrogens is 214 g/mol. The van der Waals surface area contributed by atoms with Gasteiger partial charge in [0.05, 0.1) is 5.60 Å². The molecule has 1 aliphatic rings. The molecule has 0 spiro atoms. The van der Waals surface area contributed by atoms with Crippen LogP contribution in [0.25, 0.3) is 0 Å². The molecule has 0 aromatic heterocycles. The van der Waals surface area contributed by atoms with Gasteiger partial charge in [-0.3, -0.25) is 4.90 Å². The van der Waals surface area contributed by atoms with E-state index in [9.17, 15) is 0 Å². The number of nitrogens with two attached hydrogens (primary N) is 1. The lowest BCUT2D eigenvalue weighted by Crippen LogP contribution is -2.46. The first-order valence-corrected chi connectivity index (χ1v) is 6.66. The molecular formula is C13H29N3O. The van der Waals surface area contributed by atoms with Crippen LogP contribution < -0.4 is 5.73 Å². The van der Waals surface area contributed by atoms with Crippen molar-refractivity contribution in [2.75, 3.05) is 46.9 Å². The molecule has 0 aliphatic carbocycles. The van der Waals surface area contributed by atoms with E-state index in [-0.39, 0.29) is 5.60 Å². The van der Waals surface area contributed by atoms with Crippen LogP contribution in [0, 0.1) is 0 Å². The number of methoxy groups -OCH3 is 1.